The summed E-state index contributed by atoms with van der Waals surface area (Å²) in [6.45, 7) is 6.28. The van der Waals surface area contributed by atoms with Gasteiger partial charge in [0.1, 0.15) is 0 Å². The average molecular weight is 507 g/mol. The molecule has 35 heavy (non-hydrogen) atoms. The van der Waals surface area contributed by atoms with Crippen molar-refractivity contribution < 1.29 is 4.73 Å². The molecule has 0 aliphatic carbocycles. The molecule has 178 valence electrons. The van der Waals surface area contributed by atoms with E-state index in [-0.39, 0.29) is 17.2 Å². The Bertz CT molecular complexity index is 1460. The fraction of sp³-hybridized carbons (Fsp3) is 0.292. The third kappa shape index (κ3) is 4.40. The summed E-state index contributed by atoms with van der Waals surface area (Å²) < 4.78 is 1.84. The lowest BCUT2D eigenvalue weighted by Gasteiger charge is -2.45. The van der Waals surface area contributed by atoms with Gasteiger partial charge < -0.3 is 20.3 Å². The number of piperazine rings is 1. The molecule has 1 aliphatic heterocycles. The van der Waals surface area contributed by atoms with E-state index in [1.807, 2.05) is 35.8 Å². The summed E-state index contributed by atoms with van der Waals surface area (Å²) in [7, 11) is 0. The van der Waals surface area contributed by atoms with Gasteiger partial charge in [0.2, 0.25) is 23.0 Å². The van der Waals surface area contributed by atoms with E-state index in [9.17, 15) is 10.5 Å². The van der Waals surface area contributed by atoms with Gasteiger partial charge in [-0.05, 0) is 41.1 Å². The molecule has 1 N–H and O–H groups in total. The van der Waals surface area contributed by atoms with Gasteiger partial charge in [-0.3, -0.25) is 0 Å². The van der Waals surface area contributed by atoms with E-state index in [0.717, 1.165) is 31.8 Å². The van der Waals surface area contributed by atoms with E-state index in [4.69, 9.17) is 11.6 Å². The van der Waals surface area contributed by atoms with E-state index in [2.05, 4.69) is 43.9 Å². The Kier molecular flexibility index (Phi) is 6.28. The Hall–Kier alpha value is -3.68. The molecule has 1 aromatic carbocycles. The van der Waals surface area contributed by atoms with Crippen molar-refractivity contribution in [1.29, 1.82) is 5.26 Å². The number of guanidine groups is 1. The standard InChI is InChI=1S/C24H23ClN8OS/c1-15(2)20-13-31(22-21-18(8-12-35-21)28-23(25)30-22)10-11-32(20)24(27-14-26)29-17-6-3-7-19-16(17)5-4-9-33(19)34/h3-9,12,15,20H,10-11,13H2,1-2H3,(H,27,29). The Morgan fingerprint density at radius 1 is 1.29 bits per heavy atom. The summed E-state index contributed by atoms with van der Waals surface area (Å²) in [5.74, 6) is 1.55. The van der Waals surface area contributed by atoms with Gasteiger partial charge in [0, 0.05) is 31.8 Å². The first-order chi connectivity index (χ1) is 17.0. The number of aromatic nitrogens is 3. The van der Waals surface area contributed by atoms with Crippen LogP contribution in [0.15, 0.2) is 53.0 Å². The van der Waals surface area contributed by atoms with Crippen molar-refractivity contribution in [3.8, 4) is 6.19 Å². The Morgan fingerprint density at radius 3 is 2.94 bits per heavy atom. The number of rotatable bonds is 3. The van der Waals surface area contributed by atoms with Crippen molar-refractivity contribution >= 4 is 61.5 Å². The number of nitrogens with zero attached hydrogens (tertiary/aromatic N) is 7. The molecule has 0 radical (unpaired) electrons. The molecule has 1 saturated heterocycles. The van der Waals surface area contributed by atoms with Crippen molar-refractivity contribution in [3.05, 3.63) is 58.5 Å². The molecular formula is C24H23ClN8OS. The van der Waals surface area contributed by atoms with Crippen LogP contribution in [0.3, 0.4) is 0 Å². The molecule has 3 aromatic heterocycles. The number of hydrogen-bond donors (Lipinski definition) is 1. The lowest BCUT2D eigenvalue weighted by atomic mass is 9.99. The fourth-order valence-corrected chi connectivity index (χ4v) is 5.55. The van der Waals surface area contributed by atoms with E-state index in [1.165, 1.54) is 6.20 Å². The second kappa shape index (κ2) is 9.52. The van der Waals surface area contributed by atoms with Crippen molar-refractivity contribution in [2.45, 2.75) is 19.9 Å². The molecule has 4 aromatic rings. The molecule has 1 atom stereocenters. The van der Waals surface area contributed by atoms with Crippen molar-refractivity contribution in [2.24, 2.45) is 10.9 Å². The SMILES string of the molecule is CC(C)C1CN(c2nc(Cl)nc3ccsc23)CCN1/C(=N\C#N)Nc1cccc2c1ccc[n+]2[O-]. The Labute approximate surface area is 211 Å². The maximum absolute atomic E-state index is 12.2. The van der Waals surface area contributed by atoms with Crippen LogP contribution in [0.25, 0.3) is 21.1 Å². The minimum absolute atomic E-state index is 0.0477. The normalized spacial score (nSPS) is 16.8. The Morgan fingerprint density at radius 2 is 2.14 bits per heavy atom. The number of benzene rings is 1. The third-order valence-corrected chi connectivity index (χ3v) is 7.29. The van der Waals surface area contributed by atoms with Crippen molar-refractivity contribution in [1.82, 2.24) is 14.9 Å². The van der Waals surface area contributed by atoms with Crippen LogP contribution in [-0.2, 0) is 0 Å². The van der Waals surface area contributed by atoms with Gasteiger partial charge in [-0.1, -0.05) is 19.9 Å². The van der Waals surface area contributed by atoms with Gasteiger partial charge in [0.25, 0.3) is 0 Å². The number of halogens is 1. The van der Waals surface area contributed by atoms with Gasteiger partial charge in [-0.15, -0.1) is 16.3 Å². The van der Waals surface area contributed by atoms with Gasteiger partial charge in [0.15, 0.2) is 12.0 Å². The molecule has 1 fully saturated rings. The zero-order chi connectivity index (χ0) is 24.5. The van der Waals surface area contributed by atoms with Crippen molar-refractivity contribution in [2.75, 3.05) is 29.9 Å². The van der Waals surface area contributed by atoms with Crippen LogP contribution in [0, 0.1) is 22.6 Å². The maximum Gasteiger partial charge on any atom is 0.225 e. The fourth-order valence-electron chi connectivity index (χ4n) is 4.53. The van der Waals surface area contributed by atoms with Crippen LogP contribution in [0.5, 0.6) is 0 Å². The second-order valence-electron chi connectivity index (χ2n) is 8.63. The van der Waals surface area contributed by atoms with Gasteiger partial charge >= 0.3 is 0 Å². The van der Waals surface area contributed by atoms with Gasteiger partial charge in [-0.25, -0.2) is 4.98 Å². The highest BCUT2D eigenvalue weighted by molar-refractivity contribution is 7.17. The lowest BCUT2D eigenvalue weighted by molar-refractivity contribution is -0.577. The van der Waals surface area contributed by atoms with Gasteiger partial charge in [0.05, 0.1) is 27.3 Å². The molecule has 4 heterocycles. The minimum Gasteiger partial charge on any atom is -0.618 e. The van der Waals surface area contributed by atoms with E-state index < -0.39 is 0 Å². The number of nitriles is 1. The van der Waals surface area contributed by atoms with Crippen LogP contribution >= 0.6 is 22.9 Å². The first-order valence-electron chi connectivity index (χ1n) is 11.2. The first-order valence-corrected chi connectivity index (χ1v) is 12.5. The number of nitrogens with one attached hydrogen (secondary N) is 1. The predicted octanol–water partition coefficient (Wildman–Crippen LogP) is 4.23. The average Bonchev–Trinajstić information content (AvgIpc) is 3.32. The molecule has 0 bridgehead atoms. The van der Waals surface area contributed by atoms with Gasteiger partial charge in [-0.2, -0.15) is 15.0 Å². The van der Waals surface area contributed by atoms with E-state index >= 15 is 0 Å². The number of aliphatic imine (C=N–C) groups is 1. The summed E-state index contributed by atoms with van der Waals surface area (Å²) in [6, 6.07) is 11.0. The number of pyridine rings is 1. The van der Waals surface area contributed by atoms with E-state index in [1.54, 1.807) is 23.5 Å². The molecule has 0 amide bonds. The van der Waals surface area contributed by atoms with Crippen LogP contribution < -0.4 is 14.9 Å². The molecule has 1 aliphatic rings. The minimum atomic E-state index is 0.0477. The summed E-state index contributed by atoms with van der Waals surface area (Å²) in [5.41, 5.74) is 2.10. The third-order valence-electron chi connectivity index (χ3n) is 6.23. The summed E-state index contributed by atoms with van der Waals surface area (Å²) in [6.07, 6.45) is 3.41. The molecule has 0 saturated carbocycles. The highest BCUT2D eigenvalue weighted by Crippen LogP contribution is 2.32. The summed E-state index contributed by atoms with van der Waals surface area (Å²) in [5, 5.41) is 28.0. The largest absolute Gasteiger partial charge is 0.618 e. The summed E-state index contributed by atoms with van der Waals surface area (Å²) in [4.78, 5) is 17.4. The molecular weight excluding hydrogens is 484 g/mol. The molecule has 1 unspecified atom stereocenters. The predicted molar refractivity (Wildman–Crippen MR) is 140 cm³/mol. The molecule has 5 rings (SSSR count). The number of thiophene rings is 1. The van der Waals surface area contributed by atoms with Crippen LogP contribution in [0.4, 0.5) is 11.5 Å². The Balaban J connectivity index is 1.47. The van der Waals surface area contributed by atoms with Crippen LogP contribution in [-0.4, -0.2) is 46.5 Å². The maximum atomic E-state index is 12.2. The number of fused-ring (bicyclic) bond motifs is 2. The first kappa shape index (κ1) is 23.1. The van der Waals surface area contributed by atoms with Crippen LogP contribution in [0.1, 0.15) is 13.8 Å². The zero-order valence-electron chi connectivity index (χ0n) is 19.2. The quantitative estimate of drug-likeness (QED) is 0.111. The monoisotopic (exact) mass is 506 g/mol. The van der Waals surface area contributed by atoms with Crippen molar-refractivity contribution in [3.63, 3.8) is 0 Å². The highest BCUT2D eigenvalue weighted by Gasteiger charge is 2.33. The molecule has 11 heteroatoms. The molecule has 0 spiro atoms. The lowest BCUT2D eigenvalue weighted by Crippen LogP contribution is -2.58. The second-order valence-corrected chi connectivity index (χ2v) is 9.89. The number of anilines is 2. The highest BCUT2D eigenvalue weighted by atomic mass is 35.5. The smallest absolute Gasteiger partial charge is 0.225 e. The molecule has 9 nitrogen and oxygen atoms in total. The van der Waals surface area contributed by atoms with Crippen LogP contribution in [0.2, 0.25) is 5.28 Å². The topological polar surface area (TPSA) is 107 Å². The number of hydrogen-bond acceptors (Lipinski definition) is 7. The zero-order valence-corrected chi connectivity index (χ0v) is 20.8. The summed E-state index contributed by atoms with van der Waals surface area (Å²) >= 11 is 7.82. The van der Waals surface area contributed by atoms with E-state index in [0.29, 0.717) is 31.1 Å².